The zero-order valence-corrected chi connectivity index (χ0v) is 11.2. The summed E-state index contributed by atoms with van der Waals surface area (Å²) >= 11 is 0. The molecule has 108 valence electrons. The Labute approximate surface area is 112 Å². The van der Waals surface area contributed by atoms with Crippen LogP contribution in [0, 0.1) is 5.41 Å². The highest BCUT2D eigenvalue weighted by Crippen LogP contribution is 2.41. The second kappa shape index (κ2) is 7.11. The molecular weight excluding hydrogens is 250 g/mol. The fourth-order valence-electron chi connectivity index (χ4n) is 2.45. The highest BCUT2D eigenvalue weighted by molar-refractivity contribution is 5.85. The minimum atomic E-state index is -0.883. The zero-order valence-electron chi connectivity index (χ0n) is 11.2. The summed E-state index contributed by atoms with van der Waals surface area (Å²) < 4.78 is 4.48. The first-order valence-electron chi connectivity index (χ1n) is 6.57. The summed E-state index contributed by atoms with van der Waals surface area (Å²) in [4.78, 5) is 33.9. The molecule has 1 fully saturated rings. The third kappa shape index (κ3) is 4.54. The monoisotopic (exact) mass is 271 g/mol. The van der Waals surface area contributed by atoms with Gasteiger partial charge in [-0.1, -0.05) is 12.8 Å². The smallest absolute Gasteiger partial charge is 0.310 e. The fourth-order valence-corrected chi connectivity index (χ4v) is 2.45. The lowest BCUT2D eigenvalue weighted by atomic mass is 9.82. The van der Waals surface area contributed by atoms with Crippen LogP contribution in [0.3, 0.4) is 0 Å². The number of carboxylic acids is 1. The van der Waals surface area contributed by atoms with Gasteiger partial charge in [0.1, 0.15) is 0 Å². The molecule has 0 aromatic rings. The number of esters is 1. The number of carboxylic acid groups (broad SMARTS) is 1. The van der Waals surface area contributed by atoms with Gasteiger partial charge in [0.05, 0.1) is 12.5 Å². The zero-order chi connectivity index (χ0) is 14.3. The van der Waals surface area contributed by atoms with E-state index in [1.807, 2.05) is 0 Å². The van der Waals surface area contributed by atoms with E-state index >= 15 is 0 Å². The Bertz CT molecular complexity index is 347. The van der Waals surface area contributed by atoms with Crippen molar-refractivity contribution in [1.29, 1.82) is 0 Å². The van der Waals surface area contributed by atoms with E-state index in [-0.39, 0.29) is 24.7 Å². The van der Waals surface area contributed by atoms with Crippen LogP contribution in [0.2, 0.25) is 0 Å². The van der Waals surface area contributed by atoms with Crippen molar-refractivity contribution in [3.05, 3.63) is 0 Å². The van der Waals surface area contributed by atoms with Crippen LogP contribution in [0.1, 0.15) is 44.9 Å². The molecule has 1 saturated carbocycles. The van der Waals surface area contributed by atoms with Gasteiger partial charge >= 0.3 is 11.9 Å². The third-order valence-corrected chi connectivity index (χ3v) is 3.62. The van der Waals surface area contributed by atoms with E-state index in [1.165, 1.54) is 7.11 Å². The van der Waals surface area contributed by atoms with Crippen LogP contribution in [-0.4, -0.2) is 36.6 Å². The Morgan fingerprint density at radius 1 is 1.26 bits per heavy atom. The first-order valence-corrected chi connectivity index (χ1v) is 6.57. The maximum Gasteiger partial charge on any atom is 0.310 e. The van der Waals surface area contributed by atoms with Gasteiger partial charge in [-0.3, -0.25) is 14.4 Å². The van der Waals surface area contributed by atoms with Crippen molar-refractivity contribution >= 4 is 17.8 Å². The topological polar surface area (TPSA) is 92.7 Å². The van der Waals surface area contributed by atoms with Crippen molar-refractivity contribution < 1.29 is 24.2 Å². The van der Waals surface area contributed by atoms with Gasteiger partial charge in [0, 0.05) is 19.4 Å². The average molecular weight is 271 g/mol. The van der Waals surface area contributed by atoms with E-state index < -0.39 is 11.4 Å². The number of rotatable bonds is 7. The molecule has 6 heteroatoms. The lowest BCUT2D eigenvalue weighted by Crippen LogP contribution is -2.36. The number of amides is 1. The molecule has 0 aromatic carbocycles. The van der Waals surface area contributed by atoms with Gasteiger partial charge in [-0.15, -0.1) is 0 Å². The fraction of sp³-hybridized carbons (Fsp3) is 0.769. The molecule has 1 aliphatic carbocycles. The van der Waals surface area contributed by atoms with Gasteiger partial charge < -0.3 is 15.2 Å². The molecule has 6 nitrogen and oxygen atoms in total. The van der Waals surface area contributed by atoms with Crippen LogP contribution < -0.4 is 5.32 Å². The number of hydrogen-bond donors (Lipinski definition) is 2. The van der Waals surface area contributed by atoms with Crippen molar-refractivity contribution in [2.45, 2.75) is 44.9 Å². The Morgan fingerprint density at radius 3 is 2.42 bits per heavy atom. The molecule has 0 aromatic heterocycles. The predicted octanol–water partition coefficient (Wildman–Crippen LogP) is 1.09. The Balaban J connectivity index is 2.30. The lowest BCUT2D eigenvalue weighted by Gasteiger charge is -2.22. The first kappa shape index (κ1) is 15.5. The maximum atomic E-state index is 11.7. The Hall–Kier alpha value is -1.59. The molecule has 0 radical (unpaired) electrons. The molecular formula is C13H21NO5. The predicted molar refractivity (Wildman–Crippen MR) is 67.4 cm³/mol. The molecule has 2 N–H and O–H groups in total. The third-order valence-electron chi connectivity index (χ3n) is 3.62. The van der Waals surface area contributed by atoms with E-state index in [2.05, 4.69) is 10.1 Å². The van der Waals surface area contributed by atoms with Gasteiger partial charge in [0.25, 0.3) is 0 Å². The molecule has 0 aliphatic heterocycles. The number of carbonyl (C=O) groups excluding carboxylic acids is 2. The van der Waals surface area contributed by atoms with Gasteiger partial charge in [-0.2, -0.15) is 0 Å². The standard InChI is InChI=1S/C13H21NO5/c1-19-11(16)5-4-8-14-10(15)9-13(12(17)18)6-2-3-7-13/h2-9H2,1H3,(H,14,15)(H,17,18). The van der Waals surface area contributed by atoms with E-state index in [0.717, 1.165) is 12.8 Å². The highest BCUT2D eigenvalue weighted by Gasteiger charge is 2.42. The van der Waals surface area contributed by atoms with E-state index in [0.29, 0.717) is 25.8 Å². The molecule has 0 unspecified atom stereocenters. The minimum Gasteiger partial charge on any atom is -0.481 e. The van der Waals surface area contributed by atoms with Crippen LogP contribution in [-0.2, 0) is 19.1 Å². The summed E-state index contributed by atoms with van der Waals surface area (Å²) in [7, 11) is 1.32. The molecule has 0 saturated heterocycles. The summed E-state index contributed by atoms with van der Waals surface area (Å²) in [5.41, 5.74) is -0.883. The Kier molecular flexibility index (Phi) is 5.79. The number of aliphatic carboxylic acids is 1. The highest BCUT2D eigenvalue weighted by atomic mass is 16.5. The molecule has 0 bridgehead atoms. The number of hydrogen-bond acceptors (Lipinski definition) is 4. The van der Waals surface area contributed by atoms with Crippen molar-refractivity contribution in [3.8, 4) is 0 Å². The summed E-state index contributed by atoms with van der Waals surface area (Å²) in [6.45, 7) is 0.365. The summed E-state index contributed by atoms with van der Waals surface area (Å²) in [6, 6.07) is 0. The Morgan fingerprint density at radius 2 is 1.89 bits per heavy atom. The first-order chi connectivity index (χ1) is 9.00. The summed E-state index contributed by atoms with van der Waals surface area (Å²) in [6.07, 6.45) is 3.64. The molecule has 19 heavy (non-hydrogen) atoms. The van der Waals surface area contributed by atoms with E-state index in [1.54, 1.807) is 0 Å². The summed E-state index contributed by atoms with van der Waals surface area (Å²) in [5, 5.41) is 11.9. The van der Waals surface area contributed by atoms with Crippen molar-refractivity contribution in [1.82, 2.24) is 5.32 Å². The van der Waals surface area contributed by atoms with Crippen LogP contribution in [0.25, 0.3) is 0 Å². The van der Waals surface area contributed by atoms with Gasteiger partial charge in [0.2, 0.25) is 5.91 Å². The van der Waals surface area contributed by atoms with Crippen molar-refractivity contribution in [2.75, 3.05) is 13.7 Å². The molecule has 0 spiro atoms. The second-order valence-electron chi connectivity index (χ2n) is 5.00. The molecule has 0 heterocycles. The average Bonchev–Trinajstić information content (AvgIpc) is 2.84. The van der Waals surface area contributed by atoms with Crippen molar-refractivity contribution in [3.63, 3.8) is 0 Å². The molecule has 1 aliphatic rings. The van der Waals surface area contributed by atoms with Crippen molar-refractivity contribution in [2.24, 2.45) is 5.41 Å². The van der Waals surface area contributed by atoms with E-state index in [4.69, 9.17) is 0 Å². The lowest BCUT2D eigenvalue weighted by molar-refractivity contribution is -0.151. The number of ether oxygens (including phenoxy) is 1. The van der Waals surface area contributed by atoms with Gasteiger partial charge in [0.15, 0.2) is 0 Å². The number of carbonyl (C=O) groups is 3. The van der Waals surface area contributed by atoms with Crippen LogP contribution in [0.4, 0.5) is 0 Å². The van der Waals surface area contributed by atoms with E-state index in [9.17, 15) is 19.5 Å². The molecule has 1 amide bonds. The second-order valence-corrected chi connectivity index (χ2v) is 5.00. The normalized spacial score (nSPS) is 16.9. The summed E-state index contributed by atoms with van der Waals surface area (Å²) in [5.74, 6) is -1.45. The number of nitrogens with one attached hydrogen (secondary N) is 1. The maximum absolute atomic E-state index is 11.7. The largest absolute Gasteiger partial charge is 0.481 e. The van der Waals surface area contributed by atoms with Gasteiger partial charge in [-0.25, -0.2) is 0 Å². The SMILES string of the molecule is COC(=O)CCCNC(=O)CC1(C(=O)O)CCCC1. The molecule has 1 rings (SSSR count). The molecule has 0 atom stereocenters. The minimum absolute atomic E-state index is 0.0283. The van der Waals surface area contributed by atoms with Crippen LogP contribution in [0.15, 0.2) is 0 Å². The quantitative estimate of drug-likeness (QED) is 0.534. The van der Waals surface area contributed by atoms with Gasteiger partial charge in [-0.05, 0) is 19.3 Å². The van der Waals surface area contributed by atoms with Crippen LogP contribution in [0.5, 0.6) is 0 Å². The number of methoxy groups -OCH3 is 1. The van der Waals surface area contributed by atoms with Crippen LogP contribution >= 0.6 is 0 Å².